The minimum atomic E-state index is -0.412. The zero-order valence-corrected chi connectivity index (χ0v) is 18.9. The molecule has 0 atom stereocenters. The van der Waals surface area contributed by atoms with Crippen molar-refractivity contribution in [2.75, 3.05) is 18.5 Å². The Balaban J connectivity index is 1.50. The maximum absolute atomic E-state index is 13.1. The summed E-state index contributed by atoms with van der Waals surface area (Å²) >= 11 is 1.08. The number of aromatic amines is 1. The Bertz CT molecular complexity index is 1250. The fraction of sp³-hybridized carbons (Fsp3) is 0.208. The smallest absolute Gasteiger partial charge is 0.324 e. The third-order valence-electron chi connectivity index (χ3n) is 5.20. The molecule has 0 aliphatic heterocycles. The average Bonchev–Trinajstić information content (AvgIpc) is 3.45. The first kappa shape index (κ1) is 22.3. The molecule has 0 spiro atoms. The summed E-state index contributed by atoms with van der Waals surface area (Å²) in [5.74, 6) is 0.734. The van der Waals surface area contributed by atoms with Gasteiger partial charge in [-0.15, -0.1) is 0 Å². The lowest BCUT2D eigenvalue weighted by Gasteiger charge is -2.22. The Kier molecular flexibility index (Phi) is 6.89. The highest BCUT2D eigenvalue weighted by Gasteiger charge is 2.18. The van der Waals surface area contributed by atoms with Gasteiger partial charge in [0.25, 0.3) is 0 Å². The first-order valence-corrected chi connectivity index (χ1v) is 11.4. The highest BCUT2D eigenvalue weighted by atomic mass is 32.1. The van der Waals surface area contributed by atoms with Crippen molar-refractivity contribution in [1.29, 1.82) is 0 Å². The van der Waals surface area contributed by atoms with Crippen LogP contribution in [0.25, 0.3) is 10.9 Å². The standard InChI is InChI=1S/C24H24N4O4S/c1-2-32-19-9-7-18(8-10-19)26-24(29)27(16-20-11-12-23(33-20)28(30)31)14-13-17-15-25-22-6-4-3-5-21(17)22/h3-12,15,25H,2,13-14,16H2,1H3,(H,26,29). The molecule has 2 aromatic heterocycles. The largest absolute Gasteiger partial charge is 0.494 e. The number of nitrogens with zero attached hydrogens (tertiary/aromatic N) is 2. The number of nitrogens with one attached hydrogen (secondary N) is 2. The number of ether oxygens (including phenoxy) is 1. The molecule has 0 unspecified atom stereocenters. The third-order valence-corrected chi connectivity index (χ3v) is 6.23. The van der Waals surface area contributed by atoms with Crippen LogP contribution in [0, 0.1) is 10.1 Å². The van der Waals surface area contributed by atoms with Gasteiger partial charge in [-0.05, 0) is 55.3 Å². The maximum atomic E-state index is 13.1. The van der Waals surface area contributed by atoms with E-state index < -0.39 is 4.92 Å². The summed E-state index contributed by atoms with van der Waals surface area (Å²) in [4.78, 5) is 29.5. The van der Waals surface area contributed by atoms with Gasteiger partial charge in [-0.25, -0.2) is 4.79 Å². The van der Waals surface area contributed by atoms with Crippen molar-refractivity contribution in [3.63, 3.8) is 0 Å². The van der Waals surface area contributed by atoms with Crippen molar-refractivity contribution in [2.45, 2.75) is 19.9 Å². The first-order chi connectivity index (χ1) is 16.0. The maximum Gasteiger partial charge on any atom is 0.324 e. The molecule has 0 radical (unpaired) electrons. The zero-order valence-electron chi connectivity index (χ0n) is 18.1. The van der Waals surface area contributed by atoms with Crippen molar-refractivity contribution in [1.82, 2.24) is 9.88 Å². The van der Waals surface area contributed by atoms with Crippen molar-refractivity contribution in [2.24, 2.45) is 0 Å². The van der Waals surface area contributed by atoms with E-state index >= 15 is 0 Å². The summed E-state index contributed by atoms with van der Waals surface area (Å²) in [5.41, 5.74) is 2.81. The number of para-hydroxylation sites is 1. The van der Waals surface area contributed by atoms with Gasteiger partial charge >= 0.3 is 11.0 Å². The molecule has 0 aliphatic carbocycles. The van der Waals surface area contributed by atoms with Crippen LogP contribution in [-0.4, -0.2) is 34.0 Å². The number of carbonyl (C=O) groups is 1. The van der Waals surface area contributed by atoms with Gasteiger partial charge in [-0.1, -0.05) is 29.5 Å². The normalized spacial score (nSPS) is 10.8. The molecule has 0 saturated carbocycles. The number of rotatable bonds is 9. The van der Waals surface area contributed by atoms with Crippen molar-refractivity contribution < 1.29 is 14.5 Å². The molecule has 2 aromatic carbocycles. The van der Waals surface area contributed by atoms with Crippen molar-refractivity contribution in [3.8, 4) is 5.75 Å². The molecule has 33 heavy (non-hydrogen) atoms. The predicted molar refractivity (Wildman–Crippen MR) is 130 cm³/mol. The molecule has 2 amide bonds. The van der Waals surface area contributed by atoms with Gasteiger partial charge in [0.2, 0.25) is 0 Å². The number of H-pyrrole nitrogens is 1. The predicted octanol–water partition coefficient (Wildman–Crippen LogP) is 5.81. The van der Waals surface area contributed by atoms with Crippen LogP contribution in [0.4, 0.5) is 15.5 Å². The van der Waals surface area contributed by atoms with E-state index in [1.807, 2.05) is 37.4 Å². The molecule has 2 N–H and O–H groups in total. The molecule has 170 valence electrons. The summed E-state index contributed by atoms with van der Waals surface area (Å²) in [5, 5.41) is 15.2. The summed E-state index contributed by atoms with van der Waals surface area (Å²) in [6, 6.07) is 18.1. The lowest BCUT2D eigenvalue weighted by atomic mass is 10.1. The van der Waals surface area contributed by atoms with Gasteiger partial charge in [-0.3, -0.25) is 10.1 Å². The summed E-state index contributed by atoms with van der Waals surface area (Å²) in [6.07, 6.45) is 2.61. The molecule has 9 heteroatoms. The lowest BCUT2D eigenvalue weighted by Crippen LogP contribution is -2.35. The quantitative estimate of drug-likeness (QED) is 0.241. The van der Waals surface area contributed by atoms with E-state index in [1.54, 1.807) is 35.2 Å². The second-order valence-electron chi connectivity index (χ2n) is 7.42. The highest BCUT2D eigenvalue weighted by molar-refractivity contribution is 7.15. The topological polar surface area (TPSA) is 100 Å². The summed E-state index contributed by atoms with van der Waals surface area (Å²) in [7, 11) is 0. The lowest BCUT2D eigenvalue weighted by molar-refractivity contribution is -0.380. The van der Waals surface area contributed by atoms with E-state index in [1.165, 1.54) is 6.07 Å². The number of anilines is 1. The van der Waals surface area contributed by atoms with E-state index in [2.05, 4.69) is 10.3 Å². The van der Waals surface area contributed by atoms with Crippen LogP contribution in [-0.2, 0) is 13.0 Å². The van der Waals surface area contributed by atoms with Crippen LogP contribution < -0.4 is 10.1 Å². The number of carbonyl (C=O) groups excluding carboxylic acids is 1. The molecule has 0 fully saturated rings. The number of aromatic nitrogens is 1. The van der Waals surface area contributed by atoms with Gasteiger partial charge < -0.3 is 19.9 Å². The van der Waals surface area contributed by atoms with Crippen LogP contribution in [0.5, 0.6) is 5.75 Å². The Morgan fingerprint density at radius 3 is 2.67 bits per heavy atom. The Morgan fingerprint density at radius 2 is 1.94 bits per heavy atom. The van der Waals surface area contributed by atoms with Crippen LogP contribution >= 0.6 is 11.3 Å². The van der Waals surface area contributed by atoms with Crippen LogP contribution in [0.2, 0.25) is 0 Å². The van der Waals surface area contributed by atoms with Gasteiger partial charge in [-0.2, -0.15) is 0 Å². The summed E-state index contributed by atoms with van der Waals surface area (Å²) < 4.78 is 5.45. The SMILES string of the molecule is CCOc1ccc(NC(=O)N(CCc2c[nH]c3ccccc23)Cc2ccc([N+](=O)[O-])s2)cc1. The first-order valence-electron chi connectivity index (χ1n) is 10.6. The molecule has 4 rings (SSSR count). The molecular formula is C24H24N4O4S. The van der Waals surface area contributed by atoms with Crippen LogP contribution in [0.3, 0.4) is 0 Å². The minimum Gasteiger partial charge on any atom is -0.494 e. The van der Waals surface area contributed by atoms with Gasteiger partial charge in [0, 0.05) is 40.3 Å². The summed E-state index contributed by atoms with van der Waals surface area (Å²) in [6.45, 7) is 3.22. The number of hydrogen-bond acceptors (Lipinski definition) is 5. The Labute approximate surface area is 195 Å². The number of thiophene rings is 1. The second-order valence-corrected chi connectivity index (χ2v) is 8.56. The highest BCUT2D eigenvalue weighted by Crippen LogP contribution is 2.26. The number of fused-ring (bicyclic) bond motifs is 1. The Hall–Kier alpha value is -3.85. The van der Waals surface area contributed by atoms with Gasteiger partial charge in [0.15, 0.2) is 0 Å². The fourth-order valence-corrected chi connectivity index (χ4v) is 4.42. The minimum absolute atomic E-state index is 0.0634. The van der Waals surface area contributed by atoms with E-state index in [0.717, 1.165) is 38.4 Å². The molecule has 0 bridgehead atoms. The number of nitro groups is 1. The van der Waals surface area contributed by atoms with E-state index in [4.69, 9.17) is 4.74 Å². The third kappa shape index (κ3) is 5.50. The zero-order chi connectivity index (χ0) is 23.2. The fourth-order valence-electron chi connectivity index (χ4n) is 3.59. The van der Waals surface area contributed by atoms with E-state index in [9.17, 15) is 14.9 Å². The van der Waals surface area contributed by atoms with E-state index in [0.29, 0.717) is 25.3 Å². The number of amides is 2. The molecular weight excluding hydrogens is 440 g/mol. The number of hydrogen-bond donors (Lipinski definition) is 2. The molecule has 8 nitrogen and oxygen atoms in total. The van der Waals surface area contributed by atoms with E-state index in [-0.39, 0.29) is 17.6 Å². The van der Waals surface area contributed by atoms with Crippen molar-refractivity contribution in [3.05, 3.63) is 87.4 Å². The van der Waals surface area contributed by atoms with Gasteiger partial charge in [0.1, 0.15) is 5.75 Å². The van der Waals surface area contributed by atoms with Gasteiger partial charge in [0.05, 0.1) is 18.1 Å². The molecule has 2 heterocycles. The monoisotopic (exact) mass is 464 g/mol. The average molecular weight is 465 g/mol. The van der Waals surface area contributed by atoms with Crippen LogP contribution in [0.1, 0.15) is 17.4 Å². The van der Waals surface area contributed by atoms with Crippen LogP contribution in [0.15, 0.2) is 66.9 Å². The number of benzene rings is 2. The number of urea groups is 1. The molecule has 0 aliphatic rings. The molecule has 4 aromatic rings. The second kappa shape index (κ2) is 10.2. The van der Waals surface area contributed by atoms with Crippen molar-refractivity contribution >= 4 is 39.0 Å². The Morgan fingerprint density at radius 1 is 1.15 bits per heavy atom. The molecule has 0 saturated heterocycles.